The van der Waals surface area contributed by atoms with Crippen LogP contribution in [0, 0.1) is 11.8 Å². The van der Waals surface area contributed by atoms with E-state index in [4.69, 9.17) is 5.73 Å². The average molecular weight is 271 g/mol. The van der Waals surface area contributed by atoms with Crippen molar-refractivity contribution < 1.29 is 0 Å². The van der Waals surface area contributed by atoms with E-state index in [9.17, 15) is 0 Å². The summed E-state index contributed by atoms with van der Waals surface area (Å²) < 4.78 is 0. The van der Waals surface area contributed by atoms with Gasteiger partial charge in [0.05, 0.1) is 0 Å². The summed E-state index contributed by atoms with van der Waals surface area (Å²) >= 11 is 0. The molecule has 0 saturated heterocycles. The van der Waals surface area contributed by atoms with Gasteiger partial charge in [-0.1, -0.05) is 52.9 Å². The minimum absolute atomic E-state index is 0.780. The maximum atomic E-state index is 5.67. The van der Waals surface area contributed by atoms with E-state index in [1.165, 1.54) is 70.9 Å². The van der Waals surface area contributed by atoms with Crippen molar-refractivity contribution >= 4 is 0 Å². The molecule has 0 aliphatic carbocycles. The Morgan fingerprint density at radius 2 is 1.47 bits per heavy atom. The quantitative estimate of drug-likeness (QED) is 0.461. The summed E-state index contributed by atoms with van der Waals surface area (Å²) in [5, 5.41) is 3.58. The van der Waals surface area contributed by atoms with Gasteiger partial charge in [0.15, 0.2) is 0 Å². The first-order valence-electron chi connectivity index (χ1n) is 8.63. The maximum Gasteiger partial charge on any atom is -0.00488 e. The monoisotopic (exact) mass is 270 g/mol. The van der Waals surface area contributed by atoms with Crippen molar-refractivity contribution in [2.75, 3.05) is 19.6 Å². The fourth-order valence-electron chi connectivity index (χ4n) is 2.67. The summed E-state index contributed by atoms with van der Waals surface area (Å²) in [5.41, 5.74) is 5.67. The van der Waals surface area contributed by atoms with Gasteiger partial charge in [-0.25, -0.2) is 0 Å². The molecule has 116 valence electrons. The topological polar surface area (TPSA) is 38.0 Å². The van der Waals surface area contributed by atoms with Crippen LogP contribution in [0.15, 0.2) is 0 Å². The van der Waals surface area contributed by atoms with E-state index in [1.807, 2.05) is 0 Å². The van der Waals surface area contributed by atoms with Gasteiger partial charge in [-0.15, -0.1) is 0 Å². The number of rotatable bonds is 14. The predicted octanol–water partition coefficient (Wildman–Crippen LogP) is 4.34. The molecule has 0 aliphatic heterocycles. The molecule has 3 N–H and O–H groups in total. The lowest BCUT2D eigenvalue weighted by atomic mass is 9.88. The standard InChI is InChI=1S/C17H38N2/c1-4-5-6-7-8-9-14-19-15-10-11-17(12-13-18)16(2)3/h16-17,19H,4-15,18H2,1-3H3. The van der Waals surface area contributed by atoms with Crippen molar-refractivity contribution in [2.45, 2.75) is 78.6 Å². The zero-order chi connectivity index (χ0) is 14.3. The lowest BCUT2D eigenvalue weighted by Crippen LogP contribution is -2.20. The maximum absolute atomic E-state index is 5.67. The summed E-state index contributed by atoms with van der Waals surface area (Å²) in [5.74, 6) is 1.60. The minimum Gasteiger partial charge on any atom is -0.330 e. The first kappa shape index (κ1) is 18.9. The van der Waals surface area contributed by atoms with Crippen molar-refractivity contribution in [1.82, 2.24) is 5.32 Å². The SMILES string of the molecule is CCCCCCCCNCCCC(CCN)C(C)C. The summed E-state index contributed by atoms with van der Waals surface area (Å²) in [7, 11) is 0. The van der Waals surface area contributed by atoms with Crippen molar-refractivity contribution in [3.05, 3.63) is 0 Å². The van der Waals surface area contributed by atoms with Crippen LogP contribution in [0.1, 0.15) is 78.6 Å². The third kappa shape index (κ3) is 12.7. The second kappa shape index (κ2) is 14.3. The molecule has 0 bridgehead atoms. The molecule has 0 amide bonds. The Balaban J connectivity index is 3.25. The van der Waals surface area contributed by atoms with Crippen molar-refractivity contribution in [1.29, 1.82) is 0 Å². The lowest BCUT2D eigenvalue weighted by Gasteiger charge is -2.20. The number of nitrogens with two attached hydrogens (primary N) is 1. The van der Waals surface area contributed by atoms with Crippen molar-refractivity contribution in [3.8, 4) is 0 Å². The van der Waals surface area contributed by atoms with Gasteiger partial charge in [0.1, 0.15) is 0 Å². The van der Waals surface area contributed by atoms with Gasteiger partial charge in [-0.3, -0.25) is 0 Å². The number of hydrogen-bond acceptors (Lipinski definition) is 2. The van der Waals surface area contributed by atoms with E-state index in [-0.39, 0.29) is 0 Å². The molecule has 19 heavy (non-hydrogen) atoms. The number of nitrogens with one attached hydrogen (secondary N) is 1. The Labute approximate surface area is 121 Å². The van der Waals surface area contributed by atoms with Crippen LogP contribution in [0.25, 0.3) is 0 Å². The van der Waals surface area contributed by atoms with Gasteiger partial charge < -0.3 is 11.1 Å². The fraction of sp³-hybridized carbons (Fsp3) is 1.00. The van der Waals surface area contributed by atoms with Crippen LogP contribution in [0.2, 0.25) is 0 Å². The third-order valence-corrected chi connectivity index (χ3v) is 4.12. The zero-order valence-corrected chi connectivity index (χ0v) is 13.7. The second-order valence-electron chi connectivity index (χ2n) is 6.24. The van der Waals surface area contributed by atoms with Gasteiger partial charge >= 0.3 is 0 Å². The van der Waals surface area contributed by atoms with Crippen LogP contribution < -0.4 is 11.1 Å². The molecule has 0 spiro atoms. The Morgan fingerprint density at radius 1 is 0.842 bits per heavy atom. The Morgan fingerprint density at radius 3 is 2.11 bits per heavy atom. The summed E-state index contributed by atoms with van der Waals surface area (Å²) in [6.07, 6.45) is 12.2. The first-order chi connectivity index (χ1) is 9.22. The van der Waals surface area contributed by atoms with Gasteiger partial charge in [0, 0.05) is 0 Å². The molecule has 0 aliphatic rings. The molecule has 2 nitrogen and oxygen atoms in total. The van der Waals surface area contributed by atoms with E-state index >= 15 is 0 Å². The first-order valence-corrected chi connectivity index (χ1v) is 8.63. The fourth-order valence-corrected chi connectivity index (χ4v) is 2.67. The predicted molar refractivity (Wildman–Crippen MR) is 87.5 cm³/mol. The number of unbranched alkanes of at least 4 members (excludes halogenated alkanes) is 5. The molecule has 0 fully saturated rings. The van der Waals surface area contributed by atoms with Crippen LogP contribution in [-0.2, 0) is 0 Å². The summed E-state index contributed by atoms with van der Waals surface area (Å²) in [6.45, 7) is 10.1. The minimum atomic E-state index is 0.780. The molecular weight excluding hydrogens is 232 g/mol. The highest BCUT2D eigenvalue weighted by Gasteiger charge is 2.11. The van der Waals surface area contributed by atoms with Gasteiger partial charge in [0.2, 0.25) is 0 Å². The summed E-state index contributed by atoms with van der Waals surface area (Å²) in [4.78, 5) is 0. The number of hydrogen-bond donors (Lipinski definition) is 2. The molecule has 1 atom stereocenters. The largest absolute Gasteiger partial charge is 0.330 e. The highest BCUT2D eigenvalue weighted by Crippen LogP contribution is 2.19. The Bertz CT molecular complexity index is 169. The van der Waals surface area contributed by atoms with Crippen molar-refractivity contribution in [3.63, 3.8) is 0 Å². The molecule has 0 aromatic heterocycles. The molecule has 0 aromatic carbocycles. The molecule has 0 heterocycles. The average Bonchev–Trinajstić information content (AvgIpc) is 2.39. The van der Waals surface area contributed by atoms with Gasteiger partial charge in [0.25, 0.3) is 0 Å². The van der Waals surface area contributed by atoms with Gasteiger partial charge in [-0.05, 0) is 57.2 Å². The smallest absolute Gasteiger partial charge is 0.00488 e. The van der Waals surface area contributed by atoms with E-state index < -0.39 is 0 Å². The lowest BCUT2D eigenvalue weighted by molar-refractivity contribution is 0.331. The molecule has 0 radical (unpaired) electrons. The normalized spacial score (nSPS) is 13.1. The third-order valence-electron chi connectivity index (χ3n) is 4.12. The van der Waals surface area contributed by atoms with Crippen LogP contribution in [-0.4, -0.2) is 19.6 Å². The van der Waals surface area contributed by atoms with E-state index in [0.29, 0.717) is 0 Å². The molecule has 0 rings (SSSR count). The Hall–Kier alpha value is -0.0800. The zero-order valence-electron chi connectivity index (χ0n) is 13.7. The van der Waals surface area contributed by atoms with Crippen LogP contribution in [0.4, 0.5) is 0 Å². The molecular formula is C17H38N2. The van der Waals surface area contributed by atoms with Crippen LogP contribution in [0.3, 0.4) is 0 Å². The highest BCUT2D eigenvalue weighted by molar-refractivity contribution is 4.64. The van der Waals surface area contributed by atoms with Crippen LogP contribution in [0.5, 0.6) is 0 Å². The van der Waals surface area contributed by atoms with E-state index in [1.54, 1.807) is 0 Å². The van der Waals surface area contributed by atoms with Crippen LogP contribution >= 0.6 is 0 Å². The molecule has 1 unspecified atom stereocenters. The second-order valence-corrected chi connectivity index (χ2v) is 6.24. The highest BCUT2D eigenvalue weighted by atomic mass is 14.8. The molecule has 0 aromatic rings. The van der Waals surface area contributed by atoms with Gasteiger partial charge in [-0.2, -0.15) is 0 Å². The molecule has 0 saturated carbocycles. The van der Waals surface area contributed by atoms with E-state index in [0.717, 1.165) is 18.4 Å². The Kier molecular flexibility index (Phi) is 14.3. The summed E-state index contributed by atoms with van der Waals surface area (Å²) in [6, 6.07) is 0. The molecule has 2 heteroatoms. The van der Waals surface area contributed by atoms with Crippen molar-refractivity contribution in [2.24, 2.45) is 17.6 Å². The van der Waals surface area contributed by atoms with E-state index in [2.05, 4.69) is 26.1 Å².